The monoisotopic (exact) mass is 390 g/mol. The van der Waals surface area contributed by atoms with Gasteiger partial charge in [0.1, 0.15) is 5.69 Å². The lowest BCUT2D eigenvalue weighted by Gasteiger charge is -2.21. The molecule has 0 radical (unpaired) electrons. The molecule has 1 amide bonds. The van der Waals surface area contributed by atoms with Crippen LogP contribution in [0.25, 0.3) is 0 Å². The van der Waals surface area contributed by atoms with Gasteiger partial charge in [-0.15, -0.1) is 0 Å². The Hall–Kier alpha value is -3.74. The largest absolute Gasteiger partial charge is 0.465 e. The van der Waals surface area contributed by atoms with Gasteiger partial charge in [0, 0.05) is 18.4 Å². The van der Waals surface area contributed by atoms with E-state index >= 15 is 0 Å². The van der Waals surface area contributed by atoms with Crippen molar-refractivity contribution in [3.8, 4) is 0 Å². The summed E-state index contributed by atoms with van der Waals surface area (Å²) in [6.07, 6.45) is 1.54. The quantitative estimate of drug-likeness (QED) is 0.641. The van der Waals surface area contributed by atoms with Crippen LogP contribution in [0, 0.1) is 6.92 Å². The number of para-hydroxylation sites is 1. The van der Waals surface area contributed by atoms with Crippen LogP contribution in [0.1, 0.15) is 33.3 Å². The van der Waals surface area contributed by atoms with Gasteiger partial charge in [0.15, 0.2) is 0 Å². The maximum atomic E-state index is 12.8. The molecule has 0 saturated heterocycles. The van der Waals surface area contributed by atoms with E-state index in [1.54, 1.807) is 30.5 Å². The predicted molar refractivity (Wildman–Crippen MR) is 112 cm³/mol. The number of esters is 1. The molecule has 0 aliphatic rings. The van der Waals surface area contributed by atoms with Crippen molar-refractivity contribution in [3.05, 3.63) is 77.6 Å². The molecule has 3 rings (SSSR count). The summed E-state index contributed by atoms with van der Waals surface area (Å²) in [7, 11) is 1.29. The van der Waals surface area contributed by atoms with E-state index < -0.39 is 11.9 Å². The summed E-state index contributed by atoms with van der Waals surface area (Å²) in [5, 5.41) is 2.73. The highest BCUT2D eigenvalue weighted by Gasteiger charge is 2.17. The summed E-state index contributed by atoms with van der Waals surface area (Å²) in [5.41, 5.74) is 2.89. The molecule has 0 bridgehead atoms. The molecule has 1 N–H and O–H groups in total. The number of hydrogen-bond donors (Lipinski definition) is 1. The number of amides is 1. The van der Waals surface area contributed by atoms with Crippen LogP contribution in [0.5, 0.6) is 0 Å². The van der Waals surface area contributed by atoms with E-state index in [-0.39, 0.29) is 11.3 Å². The summed E-state index contributed by atoms with van der Waals surface area (Å²) < 4.78 is 4.77. The van der Waals surface area contributed by atoms with Crippen molar-refractivity contribution in [2.24, 2.45) is 0 Å². The number of rotatable bonds is 6. The molecule has 1 heterocycles. The summed E-state index contributed by atoms with van der Waals surface area (Å²) in [6, 6.07) is 16.2. The summed E-state index contributed by atoms with van der Waals surface area (Å²) in [6.45, 7) is 4.64. The van der Waals surface area contributed by atoms with Crippen molar-refractivity contribution >= 4 is 29.2 Å². The number of carbonyl (C=O) groups is 2. The molecule has 0 spiro atoms. The zero-order chi connectivity index (χ0) is 20.8. The van der Waals surface area contributed by atoms with Crippen molar-refractivity contribution in [3.63, 3.8) is 0 Å². The Labute approximate surface area is 169 Å². The number of aromatic nitrogens is 2. The summed E-state index contributed by atoms with van der Waals surface area (Å²) >= 11 is 0. The topological polar surface area (TPSA) is 84.4 Å². The van der Waals surface area contributed by atoms with E-state index in [1.165, 1.54) is 13.2 Å². The van der Waals surface area contributed by atoms with Crippen molar-refractivity contribution in [2.45, 2.75) is 13.8 Å². The second kappa shape index (κ2) is 8.97. The Morgan fingerprint density at radius 2 is 1.90 bits per heavy atom. The fourth-order valence-corrected chi connectivity index (χ4v) is 2.91. The van der Waals surface area contributed by atoms with Crippen molar-refractivity contribution in [2.75, 3.05) is 23.9 Å². The highest BCUT2D eigenvalue weighted by molar-refractivity contribution is 6.07. The molecule has 0 aliphatic carbocycles. The summed E-state index contributed by atoms with van der Waals surface area (Å²) in [5.74, 6) is -0.543. The minimum Gasteiger partial charge on any atom is -0.465 e. The average Bonchev–Trinajstić information content (AvgIpc) is 2.74. The molecule has 0 aliphatic heterocycles. The molecule has 148 valence electrons. The zero-order valence-electron chi connectivity index (χ0n) is 16.5. The molecule has 0 atom stereocenters. The third-order valence-corrected chi connectivity index (χ3v) is 4.33. The number of benzene rings is 2. The van der Waals surface area contributed by atoms with Gasteiger partial charge < -0.3 is 15.0 Å². The van der Waals surface area contributed by atoms with Crippen molar-refractivity contribution in [1.29, 1.82) is 0 Å². The van der Waals surface area contributed by atoms with Gasteiger partial charge in [-0.05, 0) is 49.7 Å². The van der Waals surface area contributed by atoms with Gasteiger partial charge in [0.05, 0.1) is 18.4 Å². The minimum atomic E-state index is -0.527. The second-order valence-electron chi connectivity index (χ2n) is 6.32. The van der Waals surface area contributed by atoms with E-state index in [9.17, 15) is 9.59 Å². The molecule has 7 heteroatoms. The van der Waals surface area contributed by atoms with Crippen LogP contribution in [-0.2, 0) is 4.74 Å². The fourth-order valence-electron chi connectivity index (χ4n) is 2.91. The molecule has 7 nitrogen and oxygen atoms in total. The third-order valence-electron chi connectivity index (χ3n) is 4.33. The van der Waals surface area contributed by atoms with Crippen LogP contribution in [0.3, 0.4) is 0 Å². The SMILES string of the molecule is CCN(c1cccc(C)c1)c1nccc(C(=O)Nc2ccccc2C(=O)OC)n1. The standard InChI is InChI=1S/C22H22N4O3/c1-4-26(16-9-7-8-15(2)14-16)22-23-13-12-19(25-22)20(27)24-18-11-6-5-10-17(18)21(28)29-3/h5-14H,4H2,1-3H3,(H,24,27). The number of anilines is 3. The van der Waals surface area contributed by atoms with Crippen molar-refractivity contribution < 1.29 is 14.3 Å². The van der Waals surface area contributed by atoms with Gasteiger partial charge in [-0.1, -0.05) is 24.3 Å². The van der Waals surface area contributed by atoms with E-state index in [0.717, 1.165) is 11.3 Å². The molecule has 0 unspecified atom stereocenters. The number of aryl methyl sites for hydroxylation is 1. The van der Waals surface area contributed by atoms with Gasteiger partial charge in [-0.2, -0.15) is 0 Å². The van der Waals surface area contributed by atoms with Gasteiger partial charge in [-0.25, -0.2) is 14.8 Å². The molecule has 0 saturated carbocycles. The number of methoxy groups -OCH3 is 1. The Balaban J connectivity index is 1.88. The first-order valence-corrected chi connectivity index (χ1v) is 9.19. The second-order valence-corrected chi connectivity index (χ2v) is 6.32. The Morgan fingerprint density at radius 1 is 1.10 bits per heavy atom. The first-order valence-electron chi connectivity index (χ1n) is 9.19. The van der Waals surface area contributed by atoms with E-state index in [2.05, 4.69) is 15.3 Å². The van der Waals surface area contributed by atoms with Crippen LogP contribution in [-0.4, -0.2) is 35.5 Å². The minimum absolute atomic E-state index is 0.195. The number of nitrogens with one attached hydrogen (secondary N) is 1. The lowest BCUT2D eigenvalue weighted by molar-refractivity contribution is 0.0602. The molecular formula is C22H22N4O3. The molecule has 2 aromatic carbocycles. The summed E-state index contributed by atoms with van der Waals surface area (Å²) in [4.78, 5) is 35.3. The highest BCUT2D eigenvalue weighted by atomic mass is 16.5. The lowest BCUT2D eigenvalue weighted by atomic mass is 10.1. The van der Waals surface area contributed by atoms with Crippen LogP contribution in [0.4, 0.5) is 17.3 Å². The van der Waals surface area contributed by atoms with Gasteiger partial charge in [0.25, 0.3) is 5.91 Å². The zero-order valence-corrected chi connectivity index (χ0v) is 16.5. The predicted octanol–water partition coefficient (Wildman–Crippen LogP) is 3.98. The van der Waals surface area contributed by atoms with E-state index in [0.29, 0.717) is 18.2 Å². The van der Waals surface area contributed by atoms with E-state index in [4.69, 9.17) is 4.74 Å². The molecule has 29 heavy (non-hydrogen) atoms. The average molecular weight is 390 g/mol. The number of ether oxygens (including phenoxy) is 1. The normalized spacial score (nSPS) is 10.3. The van der Waals surface area contributed by atoms with E-state index in [1.807, 2.05) is 43.0 Å². The Kier molecular flexibility index (Phi) is 6.19. The maximum absolute atomic E-state index is 12.8. The van der Waals surface area contributed by atoms with Gasteiger partial charge >= 0.3 is 5.97 Å². The Morgan fingerprint density at radius 3 is 2.62 bits per heavy atom. The van der Waals surface area contributed by atoms with Crippen molar-refractivity contribution in [1.82, 2.24) is 9.97 Å². The first-order chi connectivity index (χ1) is 14.0. The lowest BCUT2D eigenvalue weighted by Crippen LogP contribution is -2.22. The third kappa shape index (κ3) is 4.57. The van der Waals surface area contributed by atoms with Gasteiger partial charge in [-0.3, -0.25) is 4.79 Å². The first kappa shape index (κ1) is 20.0. The van der Waals surface area contributed by atoms with Crippen LogP contribution < -0.4 is 10.2 Å². The van der Waals surface area contributed by atoms with Crippen LogP contribution >= 0.6 is 0 Å². The number of hydrogen-bond acceptors (Lipinski definition) is 6. The van der Waals surface area contributed by atoms with Crippen LogP contribution in [0.2, 0.25) is 0 Å². The highest BCUT2D eigenvalue weighted by Crippen LogP contribution is 2.23. The Bertz CT molecular complexity index is 1040. The number of carbonyl (C=O) groups excluding carboxylic acids is 2. The molecule has 3 aromatic rings. The molecule has 1 aromatic heterocycles. The maximum Gasteiger partial charge on any atom is 0.339 e. The number of nitrogens with zero attached hydrogens (tertiary/aromatic N) is 3. The van der Waals surface area contributed by atoms with Crippen LogP contribution in [0.15, 0.2) is 60.8 Å². The fraction of sp³-hybridized carbons (Fsp3) is 0.182. The molecule has 0 fully saturated rings. The van der Waals surface area contributed by atoms with Gasteiger partial charge in [0.2, 0.25) is 5.95 Å². The smallest absolute Gasteiger partial charge is 0.339 e. The molecular weight excluding hydrogens is 368 g/mol.